The number of nitrogens with one attached hydrogen (secondary N) is 1. The van der Waals surface area contributed by atoms with Crippen molar-refractivity contribution in [3.63, 3.8) is 0 Å². The molecule has 0 saturated carbocycles. The number of ether oxygens (including phenoxy) is 1. The van der Waals surface area contributed by atoms with Crippen molar-refractivity contribution in [2.24, 2.45) is 0 Å². The number of methoxy groups -OCH3 is 1. The number of thiazole rings is 1. The third-order valence-corrected chi connectivity index (χ3v) is 4.14. The van der Waals surface area contributed by atoms with Gasteiger partial charge < -0.3 is 14.6 Å². The Hall–Kier alpha value is -2.93. The molecule has 0 fully saturated rings. The van der Waals surface area contributed by atoms with Crippen molar-refractivity contribution in [1.29, 1.82) is 0 Å². The van der Waals surface area contributed by atoms with Crippen LogP contribution in [-0.2, 0) is 0 Å². The summed E-state index contributed by atoms with van der Waals surface area (Å²) < 4.78 is 6.00. The summed E-state index contributed by atoms with van der Waals surface area (Å²) in [6.45, 7) is 0. The van der Waals surface area contributed by atoms with Crippen LogP contribution in [0, 0.1) is 0 Å². The molecule has 116 valence electrons. The first-order chi connectivity index (χ1) is 11.1. The average Bonchev–Trinajstić information content (AvgIpc) is 2.95. The fourth-order valence-electron chi connectivity index (χ4n) is 2.11. The van der Waals surface area contributed by atoms with Gasteiger partial charge in [-0.2, -0.15) is 0 Å². The Kier molecular flexibility index (Phi) is 3.94. The van der Waals surface area contributed by atoms with Crippen molar-refractivity contribution in [2.45, 2.75) is 0 Å². The highest BCUT2D eigenvalue weighted by molar-refractivity contribution is 7.22. The molecule has 23 heavy (non-hydrogen) atoms. The summed E-state index contributed by atoms with van der Waals surface area (Å²) in [5.41, 5.74) is 0.594. The minimum Gasteiger partial charge on any atom is -0.545 e. The summed E-state index contributed by atoms with van der Waals surface area (Å²) in [4.78, 5) is 27.6. The zero-order valence-corrected chi connectivity index (χ0v) is 12.8. The number of carboxylic acids is 1. The Labute approximate surface area is 135 Å². The molecule has 0 spiro atoms. The van der Waals surface area contributed by atoms with Crippen LogP contribution in [0.2, 0.25) is 0 Å². The number of fused-ring (bicyclic) bond motifs is 1. The third kappa shape index (κ3) is 3.00. The van der Waals surface area contributed by atoms with Crippen LogP contribution in [0.3, 0.4) is 0 Å². The van der Waals surface area contributed by atoms with E-state index in [1.165, 1.54) is 29.5 Å². The van der Waals surface area contributed by atoms with Gasteiger partial charge in [-0.15, -0.1) is 0 Å². The van der Waals surface area contributed by atoms with Crippen LogP contribution in [-0.4, -0.2) is 24.0 Å². The third-order valence-electron chi connectivity index (χ3n) is 3.21. The minimum atomic E-state index is -1.40. The van der Waals surface area contributed by atoms with Crippen LogP contribution in [0.15, 0.2) is 42.5 Å². The fourth-order valence-corrected chi connectivity index (χ4v) is 3.00. The Bertz CT molecular complexity index is 904. The number of hydrogen-bond donors (Lipinski definition) is 1. The number of carbonyl (C=O) groups is 2. The lowest BCUT2D eigenvalue weighted by atomic mass is 10.1. The molecule has 0 atom stereocenters. The van der Waals surface area contributed by atoms with E-state index >= 15 is 0 Å². The highest BCUT2D eigenvalue weighted by Crippen LogP contribution is 2.29. The number of rotatable bonds is 4. The first-order valence-electron chi connectivity index (χ1n) is 6.65. The van der Waals surface area contributed by atoms with Crippen LogP contribution in [0.5, 0.6) is 5.75 Å². The Balaban J connectivity index is 1.90. The average molecular weight is 327 g/mol. The van der Waals surface area contributed by atoms with Gasteiger partial charge in [0.05, 0.1) is 23.3 Å². The zero-order chi connectivity index (χ0) is 16.4. The second-order valence-electron chi connectivity index (χ2n) is 4.64. The van der Waals surface area contributed by atoms with Crippen LogP contribution in [0.25, 0.3) is 10.2 Å². The number of anilines is 1. The van der Waals surface area contributed by atoms with Crippen molar-refractivity contribution in [1.82, 2.24) is 4.98 Å². The van der Waals surface area contributed by atoms with Crippen LogP contribution in [0.4, 0.5) is 5.13 Å². The summed E-state index contributed by atoms with van der Waals surface area (Å²) in [5, 5.41) is 14.1. The second-order valence-corrected chi connectivity index (χ2v) is 5.67. The summed E-state index contributed by atoms with van der Waals surface area (Å²) in [6.07, 6.45) is 0. The molecule has 1 N–H and O–H groups in total. The van der Waals surface area contributed by atoms with Crippen molar-refractivity contribution in [2.75, 3.05) is 12.4 Å². The predicted octanol–water partition coefficient (Wildman–Crippen LogP) is 1.92. The molecular formula is C16H11N2O4S-. The second kappa shape index (κ2) is 6.05. The van der Waals surface area contributed by atoms with E-state index in [1.54, 1.807) is 25.3 Å². The van der Waals surface area contributed by atoms with E-state index in [4.69, 9.17) is 4.74 Å². The highest BCUT2D eigenvalue weighted by Gasteiger charge is 2.14. The molecule has 1 heterocycles. The number of amides is 1. The topological polar surface area (TPSA) is 91.3 Å². The van der Waals surface area contributed by atoms with Gasteiger partial charge in [0.15, 0.2) is 5.13 Å². The summed E-state index contributed by atoms with van der Waals surface area (Å²) in [7, 11) is 1.57. The molecule has 1 aromatic heterocycles. The van der Waals surface area contributed by atoms with Crippen molar-refractivity contribution < 1.29 is 19.4 Å². The standard InChI is InChI=1S/C16H12N2O4S/c1-22-9-6-7-12-13(8-9)23-16(17-12)18-14(19)10-4-2-3-5-11(10)15(20)21/h2-8H,1H3,(H,20,21)(H,17,18,19)/p-1. The molecule has 0 bridgehead atoms. The fraction of sp³-hybridized carbons (Fsp3) is 0.0625. The maximum absolute atomic E-state index is 12.3. The van der Waals surface area contributed by atoms with Crippen LogP contribution < -0.4 is 15.2 Å². The first kappa shape index (κ1) is 15.0. The molecular weight excluding hydrogens is 316 g/mol. The summed E-state index contributed by atoms with van der Waals surface area (Å²) in [6, 6.07) is 11.3. The monoisotopic (exact) mass is 327 g/mol. The quantitative estimate of drug-likeness (QED) is 0.790. The molecule has 7 heteroatoms. The van der Waals surface area contributed by atoms with Gasteiger partial charge in [0.2, 0.25) is 0 Å². The summed E-state index contributed by atoms with van der Waals surface area (Å²) >= 11 is 1.28. The van der Waals surface area contributed by atoms with E-state index in [0.717, 1.165) is 10.2 Å². The lowest BCUT2D eigenvalue weighted by Gasteiger charge is -2.08. The number of nitrogens with zero attached hydrogens (tertiary/aromatic N) is 1. The molecule has 1 amide bonds. The molecule has 0 aliphatic rings. The van der Waals surface area contributed by atoms with Crippen LogP contribution in [0.1, 0.15) is 20.7 Å². The number of benzene rings is 2. The first-order valence-corrected chi connectivity index (χ1v) is 7.46. The van der Waals surface area contributed by atoms with Crippen molar-refractivity contribution in [3.8, 4) is 5.75 Å². The molecule has 0 saturated heterocycles. The van der Waals surface area contributed by atoms with E-state index < -0.39 is 11.9 Å². The van der Waals surface area contributed by atoms with Gasteiger partial charge in [0.25, 0.3) is 5.91 Å². The van der Waals surface area contributed by atoms with Crippen molar-refractivity contribution in [3.05, 3.63) is 53.6 Å². The lowest BCUT2D eigenvalue weighted by molar-refractivity contribution is -0.255. The molecule has 0 unspecified atom stereocenters. The van der Waals surface area contributed by atoms with E-state index in [-0.39, 0.29) is 11.1 Å². The van der Waals surface area contributed by atoms with Gasteiger partial charge in [0, 0.05) is 11.1 Å². The number of carboxylic acid groups (broad SMARTS) is 1. The highest BCUT2D eigenvalue weighted by atomic mass is 32.1. The minimum absolute atomic E-state index is 0.0318. The molecule has 6 nitrogen and oxygen atoms in total. The smallest absolute Gasteiger partial charge is 0.258 e. The van der Waals surface area contributed by atoms with E-state index in [2.05, 4.69) is 10.3 Å². The number of aromatic nitrogens is 1. The molecule has 0 radical (unpaired) electrons. The summed E-state index contributed by atoms with van der Waals surface area (Å²) in [5.74, 6) is -1.25. The Morgan fingerprint density at radius 3 is 2.61 bits per heavy atom. The predicted molar refractivity (Wildman–Crippen MR) is 84.9 cm³/mol. The van der Waals surface area contributed by atoms with Crippen molar-refractivity contribution >= 4 is 38.6 Å². The normalized spacial score (nSPS) is 10.5. The van der Waals surface area contributed by atoms with Gasteiger partial charge in [-0.1, -0.05) is 29.5 Å². The van der Waals surface area contributed by atoms with Gasteiger partial charge in [-0.3, -0.25) is 10.1 Å². The van der Waals surface area contributed by atoms with E-state index in [0.29, 0.717) is 10.9 Å². The molecule has 3 aromatic rings. The van der Waals surface area contributed by atoms with Gasteiger partial charge in [0.1, 0.15) is 5.75 Å². The zero-order valence-electron chi connectivity index (χ0n) is 12.0. The molecule has 0 aliphatic carbocycles. The Morgan fingerprint density at radius 2 is 1.91 bits per heavy atom. The molecule has 3 rings (SSSR count). The molecule has 0 aliphatic heterocycles. The van der Waals surface area contributed by atoms with Gasteiger partial charge >= 0.3 is 0 Å². The maximum atomic E-state index is 12.3. The Morgan fingerprint density at radius 1 is 1.17 bits per heavy atom. The SMILES string of the molecule is COc1ccc2nc(NC(=O)c3ccccc3C(=O)[O-])sc2c1. The lowest BCUT2D eigenvalue weighted by Crippen LogP contribution is -2.26. The largest absolute Gasteiger partial charge is 0.545 e. The number of aromatic carboxylic acids is 1. The van der Waals surface area contributed by atoms with E-state index in [9.17, 15) is 14.7 Å². The van der Waals surface area contributed by atoms with Crippen LogP contribution >= 0.6 is 11.3 Å². The molecule has 2 aromatic carbocycles. The number of hydrogen-bond acceptors (Lipinski definition) is 6. The maximum Gasteiger partial charge on any atom is 0.258 e. The number of carbonyl (C=O) groups excluding carboxylic acids is 2. The van der Waals surface area contributed by atoms with Gasteiger partial charge in [-0.05, 0) is 24.3 Å². The van der Waals surface area contributed by atoms with E-state index in [1.807, 2.05) is 6.07 Å². The van der Waals surface area contributed by atoms with Gasteiger partial charge in [-0.25, -0.2) is 4.98 Å².